The van der Waals surface area contributed by atoms with Crippen LogP contribution in [0.3, 0.4) is 0 Å². The average molecular weight is 597 g/mol. The van der Waals surface area contributed by atoms with Crippen molar-refractivity contribution in [2.24, 2.45) is 17.3 Å². The number of aliphatic carboxylic acids is 1. The van der Waals surface area contributed by atoms with Gasteiger partial charge in [-0.3, -0.25) is 4.79 Å². The van der Waals surface area contributed by atoms with Gasteiger partial charge in [0.05, 0.1) is 24.7 Å². The van der Waals surface area contributed by atoms with E-state index in [1.807, 2.05) is 32.9 Å². The fourth-order valence-electron chi connectivity index (χ4n) is 6.74. The Hall–Kier alpha value is -3.63. The number of carbonyl (C=O) groups excluding carboxylic acids is 2. The fraction of sp³-hybridized carbons (Fsp3) is 0.656. The highest BCUT2D eigenvalue weighted by Crippen LogP contribution is 2.35. The molecule has 1 saturated heterocycles. The molecule has 1 aromatic carbocycles. The third kappa shape index (κ3) is 6.65. The molecule has 2 aromatic rings. The van der Waals surface area contributed by atoms with E-state index >= 15 is 0 Å². The predicted octanol–water partition coefficient (Wildman–Crippen LogP) is 4.74. The van der Waals surface area contributed by atoms with Crippen LogP contribution >= 0.6 is 0 Å². The van der Waals surface area contributed by atoms with Crippen molar-refractivity contribution >= 4 is 29.0 Å². The first-order chi connectivity index (χ1) is 20.5. The number of rotatable bonds is 2. The zero-order valence-electron chi connectivity index (χ0n) is 25.8. The number of ether oxygens (including phenoxy) is 3. The zero-order chi connectivity index (χ0) is 30.9. The number of amides is 2. The molecule has 2 bridgehead atoms. The molecule has 1 unspecified atom stereocenters. The molecule has 11 nitrogen and oxygen atoms in total. The van der Waals surface area contributed by atoms with Crippen molar-refractivity contribution in [3.05, 3.63) is 23.9 Å². The molecular weight excluding hydrogens is 552 g/mol. The van der Waals surface area contributed by atoms with Gasteiger partial charge in [-0.1, -0.05) is 40.5 Å². The van der Waals surface area contributed by atoms with Crippen LogP contribution in [0.1, 0.15) is 78.3 Å². The molecule has 1 aliphatic carbocycles. The summed E-state index contributed by atoms with van der Waals surface area (Å²) >= 11 is 0. The van der Waals surface area contributed by atoms with Gasteiger partial charge in [0.25, 0.3) is 0 Å². The van der Waals surface area contributed by atoms with Gasteiger partial charge in [-0.25, -0.2) is 19.6 Å². The summed E-state index contributed by atoms with van der Waals surface area (Å²) in [6, 6.07) is 3.37. The maximum absolute atomic E-state index is 14.1. The highest BCUT2D eigenvalue weighted by atomic mass is 16.6. The quantitative estimate of drug-likeness (QED) is 0.503. The molecule has 5 rings (SSSR count). The van der Waals surface area contributed by atoms with E-state index in [1.54, 1.807) is 20.1 Å². The number of carbonyl (C=O) groups is 3. The van der Waals surface area contributed by atoms with Crippen LogP contribution in [0.4, 0.5) is 4.79 Å². The van der Waals surface area contributed by atoms with Gasteiger partial charge >= 0.3 is 12.1 Å². The predicted molar refractivity (Wildman–Crippen MR) is 159 cm³/mol. The second-order valence-corrected chi connectivity index (χ2v) is 13.3. The molecule has 6 atom stereocenters. The van der Waals surface area contributed by atoms with Gasteiger partial charge in [0.15, 0.2) is 0 Å². The fourth-order valence-corrected chi connectivity index (χ4v) is 6.74. The van der Waals surface area contributed by atoms with Crippen molar-refractivity contribution in [1.29, 1.82) is 0 Å². The number of carboxylic acids is 1. The molecule has 43 heavy (non-hydrogen) atoms. The Bertz CT molecular complexity index is 1360. The lowest BCUT2D eigenvalue weighted by atomic mass is 9.85. The second-order valence-electron chi connectivity index (χ2n) is 13.3. The number of nitrogens with one attached hydrogen (secondary N) is 1. The summed E-state index contributed by atoms with van der Waals surface area (Å²) in [6.07, 6.45) is 5.79. The van der Waals surface area contributed by atoms with E-state index in [0.717, 1.165) is 50.5 Å². The first-order valence-corrected chi connectivity index (χ1v) is 15.5. The van der Waals surface area contributed by atoms with Crippen molar-refractivity contribution in [3.63, 3.8) is 0 Å². The van der Waals surface area contributed by atoms with Crippen LogP contribution in [0, 0.1) is 17.3 Å². The van der Waals surface area contributed by atoms with Crippen molar-refractivity contribution in [2.45, 2.75) is 103 Å². The number of fused-ring (bicyclic) bond motifs is 5. The van der Waals surface area contributed by atoms with E-state index in [9.17, 15) is 19.5 Å². The Balaban J connectivity index is 1.52. The van der Waals surface area contributed by atoms with E-state index < -0.39 is 47.5 Å². The molecule has 2 N–H and O–H groups in total. The van der Waals surface area contributed by atoms with Crippen molar-refractivity contribution in [1.82, 2.24) is 20.2 Å². The Morgan fingerprint density at radius 3 is 2.51 bits per heavy atom. The number of aryl methyl sites for hydroxylation is 1. The Labute approximate surface area is 252 Å². The highest BCUT2D eigenvalue weighted by molar-refractivity contribution is 5.90. The number of hydrogen-bond acceptors (Lipinski definition) is 8. The van der Waals surface area contributed by atoms with Gasteiger partial charge < -0.3 is 29.5 Å². The van der Waals surface area contributed by atoms with Crippen LogP contribution in [-0.2, 0) is 20.7 Å². The molecule has 0 radical (unpaired) electrons. The van der Waals surface area contributed by atoms with Gasteiger partial charge in [0, 0.05) is 12.0 Å². The minimum atomic E-state index is -1.14. The monoisotopic (exact) mass is 596 g/mol. The lowest BCUT2D eigenvalue weighted by molar-refractivity contribution is -0.151. The van der Waals surface area contributed by atoms with Crippen LogP contribution in [0.2, 0.25) is 0 Å². The van der Waals surface area contributed by atoms with Crippen LogP contribution in [0.25, 0.3) is 11.0 Å². The number of carboxylic acid groups (broad SMARTS) is 1. The molecule has 3 aliphatic rings. The van der Waals surface area contributed by atoms with E-state index in [-0.39, 0.29) is 18.6 Å². The highest BCUT2D eigenvalue weighted by Gasteiger charge is 2.50. The number of nitrogens with zero attached hydrogens (tertiary/aromatic N) is 3. The topological polar surface area (TPSA) is 140 Å². The summed E-state index contributed by atoms with van der Waals surface area (Å²) in [4.78, 5) is 50.8. The molecule has 11 heteroatoms. The van der Waals surface area contributed by atoms with Crippen LogP contribution in [0.15, 0.2) is 18.2 Å². The largest absolute Gasteiger partial charge is 0.497 e. The smallest absolute Gasteiger partial charge is 0.408 e. The van der Waals surface area contributed by atoms with E-state index in [0.29, 0.717) is 29.3 Å². The summed E-state index contributed by atoms with van der Waals surface area (Å²) in [5, 5.41) is 13.1. The standard InChI is InChI=1S/C32H44N4O7/c1-18-25-17-36(26(18)30(38)39)29(37)27(32(2,3)4)35-31(40)43-24-13-9-11-19(24)10-7-6-8-12-22-28(42-25)34-23-16-20(41-5)14-15-21(23)33-22/h14-16,18-19,24-27H,6-13,17H2,1-5H3,(H,35,40)(H,38,39)/t18-,19?,24-,25+,26+,27-/m1/s1. The average Bonchev–Trinajstić information content (AvgIpc) is 3.53. The first kappa shape index (κ1) is 30.8. The SMILES string of the molecule is COc1ccc2nc3c(nc2c1)O[C@H]1CN(C(=O)[C@H](C(C)(C)C)NC(=O)O[C@@H]2CCCC2CCCCC3)[C@H](C(=O)O)[C@@H]1C. The number of benzene rings is 1. The maximum Gasteiger partial charge on any atom is 0.408 e. The second kappa shape index (κ2) is 12.5. The molecule has 2 amide bonds. The van der Waals surface area contributed by atoms with Gasteiger partial charge in [-0.05, 0) is 62.0 Å². The van der Waals surface area contributed by atoms with Gasteiger partial charge in [-0.2, -0.15) is 0 Å². The van der Waals surface area contributed by atoms with Gasteiger partial charge in [0.2, 0.25) is 11.8 Å². The lowest BCUT2D eigenvalue weighted by Crippen LogP contribution is -2.57. The van der Waals surface area contributed by atoms with Gasteiger partial charge in [0.1, 0.15) is 35.7 Å². The molecule has 234 valence electrons. The first-order valence-electron chi connectivity index (χ1n) is 15.5. The summed E-state index contributed by atoms with van der Waals surface area (Å²) in [6.45, 7) is 7.32. The minimum absolute atomic E-state index is 0.0300. The van der Waals surface area contributed by atoms with Crippen molar-refractivity contribution < 1.29 is 33.7 Å². The van der Waals surface area contributed by atoms with E-state index in [2.05, 4.69) is 5.32 Å². The van der Waals surface area contributed by atoms with Crippen molar-refractivity contribution in [2.75, 3.05) is 13.7 Å². The summed E-state index contributed by atoms with van der Waals surface area (Å²) < 4.78 is 17.7. The molecule has 2 fully saturated rings. The van der Waals surface area contributed by atoms with Gasteiger partial charge in [-0.15, -0.1) is 0 Å². The summed E-state index contributed by atoms with van der Waals surface area (Å²) in [5.74, 6) is -0.888. The number of methoxy groups -OCH3 is 1. The Morgan fingerprint density at radius 1 is 1.02 bits per heavy atom. The summed E-state index contributed by atoms with van der Waals surface area (Å²) in [5.41, 5.74) is 1.34. The molecule has 3 heterocycles. The maximum atomic E-state index is 14.1. The molecule has 1 saturated carbocycles. The van der Waals surface area contributed by atoms with Crippen LogP contribution in [-0.4, -0.2) is 75.9 Å². The third-order valence-electron chi connectivity index (χ3n) is 9.21. The minimum Gasteiger partial charge on any atom is -0.497 e. The van der Waals surface area contributed by atoms with Crippen molar-refractivity contribution in [3.8, 4) is 11.6 Å². The lowest BCUT2D eigenvalue weighted by Gasteiger charge is -2.35. The number of aromatic nitrogens is 2. The summed E-state index contributed by atoms with van der Waals surface area (Å²) in [7, 11) is 1.59. The number of alkyl carbamates (subject to hydrolysis) is 1. The molecule has 2 aliphatic heterocycles. The van der Waals surface area contributed by atoms with Crippen LogP contribution < -0.4 is 14.8 Å². The van der Waals surface area contributed by atoms with E-state index in [4.69, 9.17) is 24.2 Å². The Morgan fingerprint density at radius 2 is 1.79 bits per heavy atom. The normalized spacial score (nSPS) is 29.0. The Kier molecular flexibility index (Phi) is 8.99. The molecule has 0 spiro atoms. The zero-order valence-corrected chi connectivity index (χ0v) is 25.8. The molecular formula is C32H44N4O7. The molecule has 1 aromatic heterocycles. The number of hydrogen-bond donors (Lipinski definition) is 2. The van der Waals surface area contributed by atoms with Crippen LogP contribution in [0.5, 0.6) is 11.6 Å². The third-order valence-corrected chi connectivity index (χ3v) is 9.21. The van der Waals surface area contributed by atoms with E-state index in [1.165, 1.54) is 4.90 Å².